The summed E-state index contributed by atoms with van der Waals surface area (Å²) in [5.41, 5.74) is -0.521. The third kappa shape index (κ3) is 7.21. The Morgan fingerprint density at radius 2 is 1.89 bits per heavy atom. The van der Waals surface area contributed by atoms with Gasteiger partial charge < -0.3 is 20.5 Å². The highest BCUT2D eigenvalue weighted by molar-refractivity contribution is 14.0. The summed E-state index contributed by atoms with van der Waals surface area (Å²) in [6.07, 6.45) is 6.11. The van der Waals surface area contributed by atoms with Crippen molar-refractivity contribution in [1.29, 1.82) is 0 Å². The molecule has 0 spiro atoms. The molecule has 8 nitrogen and oxygen atoms in total. The second-order valence-corrected chi connectivity index (χ2v) is 7.96. The molecular formula is C19H36IN7O. The second-order valence-electron chi connectivity index (χ2n) is 7.96. The highest BCUT2D eigenvalue weighted by Gasteiger charge is 2.27. The standard InChI is InChI=1S/C19H35N7O.HI/c1-6-20-17(27)19(3,4)13-22-18(23-15-10-8-7-9-11-15)21-12-16-25-24-14(2)26(16)5;/h15H,6-13H2,1-5H3,(H,20,27)(H2,21,22,23);1H. The number of guanidine groups is 1. The fraction of sp³-hybridized carbons (Fsp3) is 0.789. The third-order valence-electron chi connectivity index (χ3n) is 5.16. The Morgan fingerprint density at radius 1 is 1.21 bits per heavy atom. The number of hydrogen-bond donors (Lipinski definition) is 3. The zero-order chi connectivity index (χ0) is 19.9. The van der Waals surface area contributed by atoms with Gasteiger partial charge in [-0.2, -0.15) is 0 Å². The first-order valence-electron chi connectivity index (χ1n) is 10.0. The monoisotopic (exact) mass is 505 g/mol. The zero-order valence-electron chi connectivity index (χ0n) is 17.8. The van der Waals surface area contributed by atoms with Gasteiger partial charge in [0.2, 0.25) is 5.91 Å². The van der Waals surface area contributed by atoms with E-state index >= 15 is 0 Å². The van der Waals surface area contributed by atoms with Gasteiger partial charge in [0.05, 0.1) is 5.41 Å². The first-order valence-corrected chi connectivity index (χ1v) is 10.0. The second kappa shape index (κ2) is 11.6. The van der Waals surface area contributed by atoms with Crippen molar-refractivity contribution in [3.63, 3.8) is 0 Å². The van der Waals surface area contributed by atoms with Gasteiger partial charge in [0.25, 0.3) is 0 Å². The van der Waals surface area contributed by atoms with E-state index in [1.54, 1.807) is 0 Å². The third-order valence-corrected chi connectivity index (χ3v) is 5.16. The van der Waals surface area contributed by atoms with Crippen LogP contribution in [-0.2, 0) is 18.4 Å². The Balaban J connectivity index is 0.00000392. The predicted molar refractivity (Wildman–Crippen MR) is 123 cm³/mol. The highest BCUT2D eigenvalue weighted by Crippen LogP contribution is 2.18. The molecule has 0 atom stereocenters. The largest absolute Gasteiger partial charge is 0.356 e. The minimum atomic E-state index is -0.521. The molecule has 0 aromatic carbocycles. The molecule has 9 heteroatoms. The predicted octanol–water partition coefficient (Wildman–Crippen LogP) is 2.27. The van der Waals surface area contributed by atoms with Crippen molar-refractivity contribution in [2.24, 2.45) is 17.5 Å². The van der Waals surface area contributed by atoms with Crippen LogP contribution in [0.3, 0.4) is 0 Å². The van der Waals surface area contributed by atoms with Crippen LogP contribution in [0, 0.1) is 12.3 Å². The Kier molecular flexibility index (Phi) is 10.2. The quantitative estimate of drug-likeness (QED) is 0.300. The fourth-order valence-electron chi connectivity index (χ4n) is 3.12. The van der Waals surface area contributed by atoms with Gasteiger partial charge in [-0.05, 0) is 40.5 Å². The van der Waals surface area contributed by atoms with Gasteiger partial charge in [0.1, 0.15) is 12.4 Å². The normalized spacial score (nSPS) is 15.7. The summed E-state index contributed by atoms with van der Waals surface area (Å²) >= 11 is 0. The summed E-state index contributed by atoms with van der Waals surface area (Å²) in [6.45, 7) is 9.33. The zero-order valence-corrected chi connectivity index (χ0v) is 20.2. The molecule has 28 heavy (non-hydrogen) atoms. The molecular weight excluding hydrogens is 469 g/mol. The number of aliphatic imine (C=N–C) groups is 1. The molecule has 0 bridgehead atoms. The van der Waals surface area contributed by atoms with E-state index in [1.807, 2.05) is 39.3 Å². The number of hydrogen-bond acceptors (Lipinski definition) is 4. The van der Waals surface area contributed by atoms with E-state index in [-0.39, 0.29) is 29.9 Å². The smallest absolute Gasteiger partial charge is 0.227 e. The van der Waals surface area contributed by atoms with Crippen LogP contribution in [0.25, 0.3) is 0 Å². The first kappa shape index (κ1) is 24.6. The van der Waals surface area contributed by atoms with Crippen molar-refractivity contribution in [3.8, 4) is 0 Å². The number of rotatable bonds is 7. The Bertz CT molecular complexity index is 651. The summed E-state index contributed by atoms with van der Waals surface area (Å²) in [5, 5.41) is 18.1. The summed E-state index contributed by atoms with van der Waals surface area (Å²) in [4.78, 5) is 17.0. The average molecular weight is 505 g/mol. The van der Waals surface area contributed by atoms with E-state index in [2.05, 4.69) is 26.1 Å². The molecule has 1 aromatic rings. The molecule has 1 saturated carbocycles. The number of aryl methyl sites for hydroxylation is 1. The molecule has 1 aliphatic carbocycles. The van der Waals surface area contributed by atoms with Gasteiger partial charge in [-0.3, -0.25) is 4.79 Å². The van der Waals surface area contributed by atoms with Crippen molar-refractivity contribution >= 4 is 35.8 Å². The maximum absolute atomic E-state index is 12.3. The lowest BCUT2D eigenvalue weighted by Gasteiger charge is -2.28. The Morgan fingerprint density at radius 3 is 2.46 bits per heavy atom. The van der Waals surface area contributed by atoms with E-state index in [0.717, 1.165) is 30.5 Å². The summed E-state index contributed by atoms with van der Waals surface area (Å²) in [7, 11) is 1.94. The van der Waals surface area contributed by atoms with Crippen LogP contribution < -0.4 is 16.0 Å². The number of carbonyl (C=O) groups is 1. The molecule has 0 saturated heterocycles. The van der Waals surface area contributed by atoms with Gasteiger partial charge in [0, 0.05) is 26.2 Å². The number of nitrogens with zero attached hydrogens (tertiary/aromatic N) is 4. The van der Waals surface area contributed by atoms with Crippen molar-refractivity contribution in [1.82, 2.24) is 30.7 Å². The minimum Gasteiger partial charge on any atom is -0.356 e. The number of halogens is 1. The van der Waals surface area contributed by atoms with Crippen molar-refractivity contribution in [2.75, 3.05) is 13.1 Å². The lowest BCUT2D eigenvalue weighted by molar-refractivity contribution is -0.128. The molecule has 1 fully saturated rings. The highest BCUT2D eigenvalue weighted by atomic mass is 127. The van der Waals surface area contributed by atoms with Crippen molar-refractivity contribution in [2.45, 2.75) is 72.4 Å². The van der Waals surface area contributed by atoms with Crippen LogP contribution in [0.5, 0.6) is 0 Å². The van der Waals surface area contributed by atoms with Crippen LogP contribution in [0.2, 0.25) is 0 Å². The lowest BCUT2D eigenvalue weighted by atomic mass is 9.92. The van der Waals surface area contributed by atoms with E-state index in [0.29, 0.717) is 25.7 Å². The number of amides is 1. The fourth-order valence-corrected chi connectivity index (χ4v) is 3.12. The van der Waals surface area contributed by atoms with Crippen LogP contribution >= 0.6 is 24.0 Å². The van der Waals surface area contributed by atoms with Gasteiger partial charge in [-0.1, -0.05) is 19.3 Å². The van der Waals surface area contributed by atoms with Crippen LogP contribution in [0.1, 0.15) is 64.5 Å². The van der Waals surface area contributed by atoms with Crippen LogP contribution in [0.15, 0.2) is 4.99 Å². The van der Waals surface area contributed by atoms with Gasteiger partial charge >= 0.3 is 0 Å². The van der Waals surface area contributed by atoms with E-state index in [4.69, 9.17) is 4.99 Å². The summed E-state index contributed by atoms with van der Waals surface area (Å²) < 4.78 is 1.94. The molecule has 0 aliphatic heterocycles. The van der Waals surface area contributed by atoms with Gasteiger partial charge in [-0.15, -0.1) is 34.2 Å². The minimum absolute atomic E-state index is 0. The molecule has 1 heterocycles. The maximum Gasteiger partial charge on any atom is 0.227 e. The molecule has 1 amide bonds. The van der Waals surface area contributed by atoms with Crippen LogP contribution in [0.4, 0.5) is 0 Å². The maximum atomic E-state index is 12.3. The van der Waals surface area contributed by atoms with E-state index < -0.39 is 5.41 Å². The van der Waals surface area contributed by atoms with Gasteiger partial charge in [0.15, 0.2) is 11.8 Å². The number of nitrogens with one attached hydrogen (secondary N) is 3. The van der Waals surface area contributed by atoms with E-state index in [1.165, 1.54) is 19.3 Å². The first-order chi connectivity index (χ1) is 12.8. The SMILES string of the molecule is CCNC(=O)C(C)(C)CNC(=NCc1nnc(C)n1C)NC1CCCCC1.I. The Hall–Kier alpha value is -1.39. The average Bonchev–Trinajstić information content (AvgIpc) is 2.97. The molecule has 0 radical (unpaired) electrons. The van der Waals surface area contributed by atoms with Crippen molar-refractivity contribution < 1.29 is 4.79 Å². The summed E-state index contributed by atoms with van der Waals surface area (Å²) in [6, 6.07) is 0.429. The number of aromatic nitrogens is 3. The topological polar surface area (TPSA) is 96.2 Å². The van der Waals surface area contributed by atoms with Crippen LogP contribution in [-0.4, -0.2) is 45.8 Å². The van der Waals surface area contributed by atoms with Gasteiger partial charge in [-0.25, -0.2) is 4.99 Å². The molecule has 1 aliphatic rings. The van der Waals surface area contributed by atoms with E-state index in [9.17, 15) is 4.79 Å². The summed E-state index contributed by atoms with van der Waals surface area (Å²) in [5.74, 6) is 2.46. The molecule has 1 aromatic heterocycles. The number of carbonyl (C=O) groups excluding carboxylic acids is 1. The molecule has 160 valence electrons. The molecule has 0 unspecified atom stereocenters. The molecule has 2 rings (SSSR count). The Labute approximate surface area is 185 Å². The lowest BCUT2D eigenvalue weighted by Crippen LogP contribution is -2.50. The van der Waals surface area contributed by atoms with Crippen molar-refractivity contribution in [3.05, 3.63) is 11.6 Å². The molecule has 3 N–H and O–H groups in total.